The molecule has 0 amide bonds. The highest BCUT2D eigenvalue weighted by atomic mass is 15.1. The Labute approximate surface area is 200 Å². The molecular weight excluding hydrogens is 432 g/mol. The lowest BCUT2D eigenvalue weighted by atomic mass is 10.2. The summed E-state index contributed by atoms with van der Waals surface area (Å²) >= 11 is 0. The molecule has 0 aliphatic rings. The van der Waals surface area contributed by atoms with Crippen LogP contribution in [-0.2, 0) is 0 Å². The molecule has 0 aliphatic heterocycles. The predicted octanol–water partition coefficient (Wildman–Crippen LogP) is 6.22. The molecule has 7 rings (SSSR count). The molecule has 164 valence electrons. The van der Waals surface area contributed by atoms with Crippen molar-refractivity contribution in [2.75, 3.05) is 0 Å². The summed E-state index contributed by atoms with van der Waals surface area (Å²) < 4.78 is 2.14. The summed E-state index contributed by atoms with van der Waals surface area (Å²) in [6, 6.07) is 36.1. The molecule has 6 nitrogen and oxygen atoms in total. The Balaban J connectivity index is 1.58. The lowest BCUT2D eigenvalue weighted by Gasteiger charge is -2.10. The van der Waals surface area contributed by atoms with Gasteiger partial charge in [0.25, 0.3) is 0 Å². The summed E-state index contributed by atoms with van der Waals surface area (Å²) in [5, 5.41) is 0. The topological polar surface area (TPSA) is 68.9 Å². The van der Waals surface area contributed by atoms with Crippen LogP contribution in [0.5, 0.6) is 0 Å². The summed E-state index contributed by atoms with van der Waals surface area (Å²) in [4.78, 5) is 24.5. The van der Waals surface area contributed by atoms with Crippen LogP contribution in [-0.4, -0.2) is 29.3 Å². The first kappa shape index (κ1) is 19.5. The Kier molecular flexibility index (Phi) is 4.35. The van der Waals surface area contributed by atoms with Crippen LogP contribution in [0.1, 0.15) is 0 Å². The van der Waals surface area contributed by atoms with Crippen molar-refractivity contribution < 1.29 is 0 Å². The molecule has 0 spiro atoms. The highest BCUT2D eigenvalue weighted by Gasteiger charge is 2.19. The second-order valence-corrected chi connectivity index (χ2v) is 8.25. The number of fused-ring (bicyclic) bond motifs is 5. The molecule has 0 bridgehead atoms. The molecule has 4 aromatic carbocycles. The van der Waals surface area contributed by atoms with Crippen molar-refractivity contribution in [2.45, 2.75) is 0 Å². The molecule has 35 heavy (non-hydrogen) atoms. The zero-order valence-electron chi connectivity index (χ0n) is 18.6. The van der Waals surface area contributed by atoms with Gasteiger partial charge in [0, 0.05) is 11.1 Å². The smallest absolute Gasteiger partial charge is 0.186 e. The van der Waals surface area contributed by atoms with Gasteiger partial charge < -0.3 is 0 Å². The average Bonchev–Trinajstić information content (AvgIpc) is 3.33. The molecule has 0 fully saturated rings. The molecule has 0 aliphatic carbocycles. The molecule has 3 aromatic heterocycles. The third-order valence-electron chi connectivity index (χ3n) is 6.04. The third kappa shape index (κ3) is 3.23. The lowest BCUT2D eigenvalue weighted by molar-refractivity contribution is 1.06. The van der Waals surface area contributed by atoms with Crippen LogP contribution in [0.15, 0.2) is 109 Å². The van der Waals surface area contributed by atoms with Crippen LogP contribution < -0.4 is 0 Å². The van der Waals surface area contributed by atoms with Crippen molar-refractivity contribution in [3.05, 3.63) is 109 Å². The fourth-order valence-corrected chi connectivity index (χ4v) is 4.41. The van der Waals surface area contributed by atoms with E-state index in [2.05, 4.69) is 16.5 Å². The van der Waals surface area contributed by atoms with E-state index in [-0.39, 0.29) is 0 Å². The van der Waals surface area contributed by atoms with Crippen LogP contribution in [0.4, 0.5) is 0 Å². The summed E-state index contributed by atoms with van der Waals surface area (Å²) in [5.41, 5.74) is 6.92. The van der Waals surface area contributed by atoms with E-state index in [1.54, 1.807) is 0 Å². The molecule has 0 saturated carbocycles. The standard InChI is InChI=1S/C29H18N6/c1-3-11-19(12-4-1)26-32-27(20-13-5-2-6-14-20)34-28(33-26)25-29-31-22-16-8-10-18-24(22)35(29)23-17-9-7-15-21(23)30-25/h1-18H. The van der Waals surface area contributed by atoms with E-state index in [1.165, 1.54) is 0 Å². The zero-order valence-corrected chi connectivity index (χ0v) is 18.6. The molecular formula is C29H18N6. The normalized spacial score (nSPS) is 11.4. The summed E-state index contributed by atoms with van der Waals surface area (Å²) in [5.74, 6) is 1.68. The number of imidazole rings is 1. The number of para-hydroxylation sites is 4. The van der Waals surface area contributed by atoms with Crippen LogP contribution >= 0.6 is 0 Å². The number of hydrogen-bond donors (Lipinski definition) is 0. The van der Waals surface area contributed by atoms with Crippen LogP contribution in [0, 0.1) is 0 Å². The minimum atomic E-state index is 0.490. The quantitative estimate of drug-likeness (QED) is 0.320. The molecule has 3 heterocycles. The van der Waals surface area contributed by atoms with Gasteiger partial charge in [-0.15, -0.1) is 0 Å². The Bertz CT molecular complexity index is 1780. The van der Waals surface area contributed by atoms with Crippen LogP contribution in [0.3, 0.4) is 0 Å². The first-order chi connectivity index (χ1) is 17.3. The van der Waals surface area contributed by atoms with E-state index in [0.717, 1.165) is 33.2 Å². The van der Waals surface area contributed by atoms with Gasteiger partial charge in [-0.2, -0.15) is 0 Å². The number of rotatable bonds is 3. The van der Waals surface area contributed by atoms with Crippen LogP contribution in [0.2, 0.25) is 0 Å². The highest BCUT2D eigenvalue weighted by Crippen LogP contribution is 2.30. The number of aromatic nitrogens is 6. The van der Waals surface area contributed by atoms with Crippen molar-refractivity contribution in [3.63, 3.8) is 0 Å². The van der Waals surface area contributed by atoms with Gasteiger partial charge in [0.15, 0.2) is 28.8 Å². The summed E-state index contributed by atoms with van der Waals surface area (Å²) in [6.45, 7) is 0. The van der Waals surface area contributed by atoms with Gasteiger partial charge >= 0.3 is 0 Å². The van der Waals surface area contributed by atoms with Crippen molar-refractivity contribution >= 4 is 27.7 Å². The lowest BCUT2D eigenvalue weighted by Crippen LogP contribution is -2.03. The van der Waals surface area contributed by atoms with E-state index < -0.39 is 0 Å². The number of hydrogen-bond acceptors (Lipinski definition) is 5. The largest absolute Gasteiger partial charge is 0.289 e. The number of benzene rings is 4. The fourth-order valence-electron chi connectivity index (χ4n) is 4.41. The van der Waals surface area contributed by atoms with E-state index in [9.17, 15) is 0 Å². The van der Waals surface area contributed by atoms with E-state index in [1.807, 2.05) is 97.1 Å². The van der Waals surface area contributed by atoms with Gasteiger partial charge in [-0.3, -0.25) is 4.40 Å². The van der Waals surface area contributed by atoms with E-state index >= 15 is 0 Å². The maximum atomic E-state index is 5.00. The van der Waals surface area contributed by atoms with Crippen molar-refractivity contribution in [1.29, 1.82) is 0 Å². The zero-order chi connectivity index (χ0) is 23.2. The molecule has 7 aromatic rings. The second-order valence-electron chi connectivity index (χ2n) is 8.25. The Morgan fingerprint density at radius 3 is 1.43 bits per heavy atom. The van der Waals surface area contributed by atoms with E-state index in [4.69, 9.17) is 24.9 Å². The summed E-state index contributed by atoms with van der Waals surface area (Å²) in [7, 11) is 0. The first-order valence-electron chi connectivity index (χ1n) is 11.4. The Morgan fingerprint density at radius 1 is 0.400 bits per heavy atom. The maximum Gasteiger partial charge on any atom is 0.186 e. The fraction of sp³-hybridized carbons (Fsp3) is 0. The first-order valence-corrected chi connectivity index (χ1v) is 11.4. The molecule has 0 radical (unpaired) electrons. The minimum Gasteiger partial charge on any atom is -0.289 e. The van der Waals surface area contributed by atoms with Gasteiger partial charge in [-0.25, -0.2) is 24.9 Å². The second kappa shape index (κ2) is 7.81. The number of nitrogens with zero attached hydrogens (tertiary/aromatic N) is 6. The molecule has 0 atom stereocenters. The van der Waals surface area contributed by atoms with Crippen molar-refractivity contribution in [3.8, 4) is 34.3 Å². The maximum absolute atomic E-state index is 5.00. The Morgan fingerprint density at radius 2 is 0.857 bits per heavy atom. The molecule has 0 saturated heterocycles. The van der Waals surface area contributed by atoms with Crippen molar-refractivity contribution in [2.24, 2.45) is 0 Å². The predicted molar refractivity (Wildman–Crippen MR) is 138 cm³/mol. The highest BCUT2D eigenvalue weighted by molar-refractivity contribution is 5.93. The van der Waals surface area contributed by atoms with Crippen LogP contribution in [0.25, 0.3) is 62.0 Å². The van der Waals surface area contributed by atoms with Gasteiger partial charge in [0.05, 0.1) is 22.1 Å². The van der Waals surface area contributed by atoms with Gasteiger partial charge in [-0.1, -0.05) is 84.9 Å². The monoisotopic (exact) mass is 450 g/mol. The summed E-state index contributed by atoms with van der Waals surface area (Å²) in [6.07, 6.45) is 0. The van der Waals surface area contributed by atoms with E-state index in [0.29, 0.717) is 28.8 Å². The van der Waals surface area contributed by atoms with Gasteiger partial charge in [-0.05, 0) is 24.3 Å². The average molecular weight is 451 g/mol. The Hall–Kier alpha value is -4.97. The SMILES string of the molecule is c1ccc(-c2nc(-c3ccccc3)nc(-c3nc4ccccc4n4c3nc3ccccc34)n2)cc1. The minimum absolute atomic E-state index is 0.490. The molecule has 0 unspecified atom stereocenters. The van der Waals surface area contributed by atoms with Gasteiger partial charge in [0.1, 0.15) is 0 Å². The molecule has 0 N–H and O–H groups in total. The van der Waals surface area contributed by atoms with Crippen molar-refractivity contribution in [1.82, 2.24) is 29.3 Å². The third-order valence-corrected chi connectivity index (χ3v) is 6.04. The molecule has 6 heteroatoms. The van der Waals surface area contributed by atoms with Gasteiger partial charge in [0.2, 0.25) is 0 Å².